The molecule has 2 N–H and O–H groups in total. The average Bonchev–Trinajstić information content (AvgIpc) is 2.87. The second-order valence-corrected chi connectivity index (χ2v) is 4.83. The van der Waals surface area contributed by atoms with Gasteiger partial charge in [0.05, 0.1) is 6.33 Å². The molecular formula is C12H10FN5S. The standard InChI is InChI=1S/C12H10FN5S/c1-14-12-17-10-9(15-6-16-10)11(18-12)19-8-4-2-3-7(13)5-8/h2-6H,1H3,(H2,14,15,16,17,18). The van der Waals surface area contributed by atoms with Gasteiger partial charge in [-0.15, -0.1) is 0 Å². The lowest BCUT2D eigenvalue weighted by Gasteiger charge is -2.04. The van der Waals surface area contributed by atoms with Crippen LogP contribution >= 0.6 is 11.8 Å². The van der Waals surface area contributed by atoms with Crippen molar-refractivity contribution in [2.75, 3.05) is 12.4 Å². The molecule has 3 rings (SSSR count). The van der Waals surface area contributed by atoms with E-state index in [1.54, 1.807) is 19.4 Å². The number of hydrogen-bond acceptors (Lipinski definition) is 5. The van der Waals surface area contributed by atoms with Gasteiger partial charge in [-0.05, 0) is 18.2 Å². The number of halogens is 1. The highest BCUT2D eigenvalue weighted by Gasteiger charge is 2.11. The van der Waals surface area contributed by atoms with E-state index in [0.717, 1.165) is 10.4 Å². The second kappa shape index (κ2) is 4.85. The fourth-order valence-corrected chi connectivity index (χ4v) is 2.56. The minimum Gasteiger partial charge on any atom is -0.357 e. The number of rotatable bonds is 3. The molecule has 0 saturated carbocycles. The predicted molar refractivity (Wildman–Crippen MR) is 71.8 cm³/mol. The number of aromatic nitrogens is 4. The first-order valence-corrected chi connectivity index (χ1v) is 6.40. The minimum atomic E-state index is -0.270. The minimum absolute atomic E-state index is 0.270. The fourth-order valence-electron chi connectivity index (χ4n) is 1.63. The number of imidazole rings is 1. The molecular weight excluding hydrogens is 265 g/mol. The third kappa shape index (κ3) is 2.37. The number of fused-ring (bicyclic) bond motifs is 1. The van der Waals surface area contributed by atoms with Gasteiger partial charge in [0.1, 0.15) is 16.4 Å². The second-order valence-electron chi connectivity index (χ2n) is 3.76. The zero-order chi connectivity index (χ0) is 13.2. The topological polar surface area (TPSA) is 66.5 Å². The van der Waals surface area contributed by atoms with E-state index in [4.69, 9.17) is 0 Å². The van der Waals surface area contributed by atoms with Crippen LogP contribution in [0.25, 0.3) is 11.2 Å². The largest absolute Gasteiger partial charge is 0.357 e. The fraction of sp³-hybridized carbons (Fsp3) is 0.0833. The summed E-state index contributed by atoms with van der Waals surface area (Å²) in [5.74, 6) is 0.215. The maximum absolute atomic E-state index is 13.2. The SMILES string of the molecule is CNc1nc(Sc2cccc(F)c2)c2[nH]cnc2n1. The van der Waals surface area contributed by atoms with Crippen LogP contribution in [0.2, 0.25) is 0 Å². The first-order chi connectivity index (χ1) is 9.26. The molecule has 0 aliphatic heterocycles. The molecule has 2 aromatic heterocycles. The average molecular weight is 275 g/mol. The van der Waals surface area contributed by atoms with Gasteiger partial charge in [-0.25, -0.2) is 14.4 Å². The summed E-state index contributed by atoms with van der Waals surface area (Å²) in [6.45, 7) is 0. The highest BCUT2D eigenvalue weighted by molar-refractivity contribution is 7.99. The van der Waals surface area contributed by atoms with Crippen LogP contribution in [-0.2, 0) is 0 Å². The highest BCUT2D eigenvalue weighted by atomic mass is 32.2. The lowest BCUT2D eigenvalue weighted by molar-refractivity contribution is 0.624. The summed E-state index contributed by atoms with van der Waals surface area (Å²) in [7, 11) is 1.74. The summed E-state index contributed by atoms with van der Waals surface area (Å²) in [6, 6.07) is 6.38. The predicted octanol–water partition coefficient (Wildman–Crippen LogP) is 2.68. The van der Waals surface area contributed by atoms with Gasteiger partial charge in [0.25, 0.3) is 0 Å². The Balaban J connectivity index is 2.06. The molecule has 0 aliphatic carbocycles. The molecule has 3 aromatic rings. The Hall–Kier alpha value is -2.15. The highest BCUT2D eigenvalue weighted by Crippen LogP contribution is 2.31. The van der Waals surface area contributed by atoms with Gasteiger partial charge in [0, 0.05) is 11.9 Å². The van der Waals surface area contributed by atoms with Gasteiger partial charge >= 0.3 is 0 Å². The lowest BCUT2D eigenvalue weighted by Crippen LogP contribution is -1.98. The number of aromatic amines is 1. The first kappa shape index (κ1) is 11.9. The first-order valence-electron chi connectivity index (χ1n) is 5.58. The zero-order valence-corrected chi connectivity index (χ0v) is 10.8. The molecule has 0 aliphatic rings. The van der Waals surface area contributed by atoms with E-state index in [1.807, 2.05) is 6.07 Å². The van der Waals surface area contributed by atoms with Crippen molar-refractivity contribution in [2.45, 2.75) is 9.92 Å². The van der Waals surface area contributed by atoms with Gasteiger partial charge in [0.2, 0.25) is 5.95 Å². The number of nitrogens with zero attached hydrogens (tertiary/aromatic N) is 3. The lowest BCUT2D eigenvalue weighted by atomic mass is 10.4. The Labute approximate surface area is 112 Å². The molecule has 0 bridgehead atoms. The summed E-state index contributed by atoms with van der Waals surface area (Å²) in [5.41, 5.74) is 1.33. The quantitative estimate of drug-likeness (QED) is 0.719. The van der Waals surface area contributed by atoms with E-state index in [1.165, 1.54) is 23.9 Å². The van der Waals surface area contributed by atoms with Crippen LogP contribution < -0.4 is 5.32 Å². The Kier molecular flexibility index (Phi) is 3.04. The molecule has 0 unspecified atom stereocenters. The van der Waals surface area contributed by atoms with Crippen LogP contribution in [0.15, 0.2) is 40.5 Å². The summed E-state index contributed by atoms with van der Waals surface area (Å²) in [4.78, 5) is 16.5. The summed E-state index contributed by atoms with van der Waals surface area (Å²) >= 11 is 1.36. The summed E-state index contributed by atoms with van der Waals surface area (Å²) in [5, 5.41) is 3.59. The third-order valence-electron chi connectivity index (χ3n) is 2.49. The van der Waals surface area contributed by atoms with Gasteiger partial charge in [0.15, 0.2) is 5.65 Å². The van der Waals surface area contributed by atoms with Crippen molar-refractivity contribution in [3.05, 3.63) is 36.4 Å². The summed E-state index contributed by atoms with van der Waals surface area (Å²) < 4.78 is 13.2. The van der Waals surface area contributed by atoms with E-state index < -0.39 is 0 Å². The number of nitrogens with one attached hydrogen (secondary N) is 2. The van der Waals surface area contributed by atoms with E-state index in [2.05, 4.69) is 25.3 Å². The molecule has 96 valence electrons. The van der Waals surface area contributed by atoms with Crippen molar-refractivity contribution in [2.24, 2.45) is 0 Å². The van der Waals surface area contributed by atoms with Crippen LogP contribution in [0, 0.1) is 5.82 Å². The van der Waals surface area contributed by atoms with Crippen molar-refractivity contribution in [1.29, 1.82) is 0 Å². The van der Waals surface area contributed by atoms with Crippen molar-refractivity contribution >= 4 is 28.9 Å². The Morgan fingerprint density at radius 1 is 1.32 bits per heavy atom. The van der Waals surface area contributed by atoms with E-state index in [0.29, 0.717) is 16.6 Å². The number of anilines is 1. The Morgan fingerprint density at radius 3 is 3.00 bits per heavy atom. The molecule has 7 heteroatoms. The Morgan fingerprint density at radius 2 is 2.21 bits per heavy atom. The van der Waals surface area contributed by atoms with E-state index in [-0.39, 0.29) is 5.82 Å². The number of H-pyrrole nitrogens is 1. The molecule has 0 amide bonds. The van der Waals surface area contributed by atoms with Gasteiger partial charge in [-0.3, -0.25) is 0 Å². The Bertz CT molecular complexity index is 727. The van der Waals surface area contributed by atoms with Crippen LogP contribution in [0.4, 0.5) is 10.3 Å². The van der Waals surface area contributed by atoms with Crippen LogP contribution in [0.5, 0.6) is 0 Å². The van der Waals surface area contributed by atoms with Gasteiger partial charge < -0.3 is 10.3 Å². The monoisotopic (exact) mass is 275 g/mol. The van der Waals surface area contributed by atoms with Gasteiger partial charge in [-0.1, -0.05) is 17.8 Å². The van der Waals surface area contributed by atoms with Crippen LogP contribution in [0.3, 0.4) is 0 Å². The van der Waals surface area contributed by atoms with Gasteiger partial charge in [-0.2, -0.15) is 4.98 Å². The van der Waals surface area contributed by atoms with E-state index >= 15 is 0 Å². The van der Waals surface area contributed by atoms with Crippen molar-refractivity contribution in [1.82, 2.24) is 19.9 Å². The van der Waals surface area contributed by atoms with E-state index in [9.17, 15) is 4.39 Å². The molecule has 0 fully saturated rings. The molecule has 5 nitrogen and oxygen atoms in total. The van der Waals surface area contributed by atoms with Crippen molar-refractivity contribution in [3.8, 4) is 0 Å². The van der Waals surface area contributed by atoms with Crippen LogP contribution in [-0.4, -0.2) is 27.0 Å². The molecule has 0 spiro atoms. The third-order valence-corrected chi connectivity index (χ3v) is 3.47. The van der Waals surface area contributed by atoms with Crippen LogP contribution in [0.1, 0.15) is 0 Å². The number of hydrogen-bond donors (Lipinski definition) is 2. The molecule has 0 saturated heterocycles. The smallest absolute Gasteiger partial charge is 0.225 e. The molecule has 2 heterocycles. The normalized spacial score (nSPS) is 10.8. The summed E-state index contributed by atoms with van der Waals surface area (Å²) in [6.07, 6.45) is 1.56. The molecule has 1 aromatic carbocycles. The maximum atomic E-state index is 13.2. The zero-order valence-electron chi connectivity index (χ0n) is 10.0. The number of benzene rings is 1. The maximum Gasteiger partial charge on any atom is 0.225 e. The molecule has 0 radical (unpaired) electrons. The van der Waals surface area contributed by atoms with Crippen molar-refractivity contribution in [3.63, 3.8) is 0 Å². The van der Waals surface area contributed by atoms with Crippen molar-refractivity contribution < 1.29 is 4.39 Å². The molecule has 19 heavy (non-hydrogen) atoms. The molecule has 0 atom stereocenters.